The van der Waals surface area contributed by atoms with Crippen LogP contribution in [0.1, 0.15) is 26.7 Å². The highest BCUT2D eigenvalue weighted by Crippen LogP contribution is 2.05. The Morgan fingerprint density at radius 3 is 1.80 bits per heavy atom. The lowest BCUT2D eigenvalue weighted by atomic mass is 10.0. The van der Waals surface area contributed by atoms with Crippen molar-refractivity contribution in [2.75, 3.05) is 44.9 Å². The minimum atomic E-state index is -1.46. The van der Waals surface area contributed by atoms with Gasteiger partial charge in [0, 0.05) is 0 Å². The van der Waals surface area contributed by atoms with Crippen LogP contribution in [0.3, 0.4) is 0 Å². The Morgan fingerprint density at radius 2 is 1.27 bits per heavy atom. The van der Waals surface area contributed by atoms with E-state index in [1.807, 2.05) is 19.2 Å². The monoisotopic (exact) mass is 607 g/mol. The number of aliphatic hydroxyl groups is 2. The van der Waals surface area contributed by atoms with Crippen molar-refractivity contribution in [3.63, 3.8) is 0 Å². The van der Waals surface area contributed by atoms with Crippen LogP contribution < -0.4 is 37.6 Å². The summed E-state index contributed by atoms with van der Waals surface area (Å²) in [6.07, 6.45) is 2.14. The molecule has 234 valence electrons. The molecule has 17 nitrogen and oxygen atoms in total. The Hall–Kier alpha value is -3.48. The van der Waals surface area contributed by atoms with Gasteiger partial charge >= 0.3 is 5.97 Å². The summed E-state index contributed by atoms with van der Waals surface area (Å²) in [6.45, 7) is 0.390. The van der Waals surface area contributed by atoms with Crippen molar-refractivity contribution in [2.45, 2.75) is 50.9 Å². The van der Waals surface area contributed by atoms with Gasteiger partial charge in [-0.05, 0) is 30.8 Å². The zero-order valence-electron chi connectivity index (χ0n) is 23.2. The van der Waals surface area contributed by atoms with Crippen LogP contribution in [0, 0.1) is 5.92 Å². The molecule has 0 unspecified atom stereocenters. The summed E-state index contributed by atoms with van der Waals surface area (Å²) in [6, 6.07) is -4.83. The van der Waals surface area contributed by atoms with Crippen LogP contribution in [0.25, 0.3) is 0 Å². The number of aliphatic hydroxyl groups excluding tert-OH is 2. The Labute approximate surface area is 241 Å². The number of carbonyl (C=O) groups excluding carboxylic acids is 6. The maximum absolute atomic E-state index is 12.7. The standard InChI is InChI=1S/C23H41N7O10S/c1-12(2)6-15(29-20(37)13(24)10-31)21(38)26-7-17(33)25-8-18(34)28-14(4-5-41-3)23(40)30-16(11-32)22(39)27-9-19(35)36/h12-16,31-32H,4-11,24H2,1-3H3,(H,25,33)(H,26,38)(H,27,39)(H,28,34)(H,29,37)(H,30,40)(H,35,36)/t13-,14-,15-,16-/m0/s1. The first-order valence-electron chi connectivity index (χ1n) is 12.7. The van der Waals surface area contributed by atoms with E-state index in [-0.39, 0.29) is 18.8 Å². The molecule has 0 spiro atoms. The molecule has 11 N–H and O–H groups in total. The fourth-order valence-electron chi connectivity index (χ4n) is 3.10. The lowest BCUT2D eigenvalue weighted by Gasteiger charge is -2.22. The van der Waals surface area contributed by atoms with E-state index in [1.54, 1.807) is 6.26 Å². The number of carbonyl (C=O) groups is 7. The minimum absolute atomic E-state index is 0.00281. The molecule has 0 aliphatic heterocycles. The summed E-state index contributed by atoms with van der Waals surface area (Å²) in [4.78, 5) is 84.3. The average molecular weight is 608 g/mol. The smallest absolute Gasteiger partial charge is 0.322 e. The largest absolute Gasteiger partial charge is 0.480 e. The van der Waals surface area contributed by atoms with Crippen LogP contribution in [0.15, 0.2) is 0 Å². The molecule has 0 radical (unpaired) electrons. The van der Waals surface area contributed by atoms with Gasteiger partial charge in [-0.1, -0.05) is 13.8 Å². The van der Waals surface area contributed by atoms with Gasteiger partial charge in [0.1, 0.15) is 30.7 Å². The predicted molar refractivity (Wildman–Crippen MR) is 147 cm³/mol. The fraction of sp³-hybridized carbons (Fsp3) is 0.696. The van der Waals surface area contributed by atoms with Crippen LogP contribution >= 0.6 is 11.8 Å². The van der Waals surface area contributed by atoms with Gasteiger partial charge in [-0.25, -0.2) is 0 Å². The highest BCUT2D eigenvalue weighted by molar-refractivity contribution is 7.98. The molecule has 0 aliphatic rings. The molecule has 0 saturated heterocycles. The zero-order chi connectivity index (χ0) is 31.5. The van der Waals surface area contributed by atoms with Crippen molar-refractivity contribution in [3.8, 4) is 0 Å². The van der Waals surface area contributed by atoms with Crippen molar-refractivity contribution in [1.29, 1.82) is 0 Å². The second kappa shape index (κ2) is 20.4. The summed E-state index contributed by atoms with van der Waals surface area (Å²) in [5.41, 5.74) is 5.46. The Morgan fingerprint density at radius 1 is 0.707 bits per heavy atom. The van der Waals surface area contributed by atoms with Crippen LogP contribution in [-0.2, 0) is 33.6 Å². The van der Waals surface area contributed by atoms with Crippen molar-refractivity contribution in [3.05, 3.63) is 0 Å². The molecule has 0 heterocycles. The molecule has 0 rings (SSSR count). The second-order valence-corrected chi connectivity index (χ2v) is 10.2. The number of carboxylic acid groups (broad SMARTS) is 1. The van der Waals surface area contributed by atoms with Crippen molar-refractivity contribution < 1.29 is 48.9 Å². The number of hydrogen-bond acceptors (Lipinski definition) is 11. The Balaban J connectivity index is 4.96. The van der Waals surface area contributed by atoms with Gasteiger partial charge in [-0.15, -0.1) is 0 Å². The third-order valence-corrected chi connectivity index (χ3v) is 5.88. The van der Waals surface area contributed by atoms with E-state index in [0.717, 1.165) is 0 Å². The molecule has 6 amide bonds. The van der Waals surface area contributed by atoms with E-state index in [9.17, 15) is 38.7 Å². The van der Waals surface area contributed by atoms with Gasteiger partial charge in [0.25, 0.3) is 0 Å². The van der Waals surface area contributed by atoms with Gasteiger partial charge in [0.2, 0.25) is 35.4 Å². The van der Waals surface area contributed by atoms with E-state index >= 15 is 0 Å². The molecule has 0 aliphatic carbocycles. The maximum Gasteiger partial charge on any atom is 0.322 e. The lowest BCUT2D eigenvalue weighted by Crippen LogP contribution is -2.56. The number of nitrogens with two attached hydrogens (primary N) is 1. The van der Waals surface area contributed by atoms with E-state index in [0.29, 0.717) is 5.75 Å². The Kier molecular flexibility index (Phi) is 18.7. The van der Waals surface area contributed by atoms with Crippen LogP contribution in [-0.4, -0.2) is 126 Å². The molecular weight excluding hydrogens is 566 g/mol. The molecule has 0 fully saturated rings. The summed E-state index contributed by atoms with van der Waals surface area (Å²) >= 11 is 1.38. The summed E-state index contributed by atoms with van der Waals surface area (Å²) in [5.74, 6) is -5.54. The van der Waals surface area contributed by atoms with Crippen LogP contribution in [0.5, 0.6) is 0 Å². The van der Waals surface area contributed by atoms with Crippen LogP contribution in [0.2, 0.25) is 0 Å². The van der Waals surface area contributed by atoms with Crippen LogP contribution in [0.4, 0.5) is 0 Å². The third kappa shape index (κ3) is 16.4. The first kappa shape index (κ1) is 37.5. The summed E-state index contributed by atoms with van der Waals surface area (Å²) < 4.78 is 0. The number of amides is 6. The van der Waals surface area contributed by atoms with E-state index in [2.05, 4.69) is 26.6 Å². The maximum atomic E-state index is 12.7. The van der Waals surface area contributed by atoms with E-state index in [1.165, 1.54) is 11.8 Å². The predicted octanol–water partition coefficient (Wildman–Crippen LogP) is -5.01. The van der Waals surface area contributed by atoms with Gasteiger partial charge in [0.15, 0.2) is 0 Å². The number of hydrogen-bond donors (Lipinski definition) is 10. The number of rotatable bonds is 20. The lowest BCUT2D eigenvalue weighted by molar-refractivity contribution is -0.138. The highest BCUT2D eigenvalue weighted by Gasteiger charge is 2.27. The van der Waals surface area contributed by atoms with Gasteiger partial charge in [-0.3, -0.25) is 33.6 Å². The average Bonchev–Trinajstić information content (AvgIpc) is 2.92. The number of carboxylic acids is 1. The molecule has 0 aromatic carbocycles. The quantitative estimate of drug-likeness (QED) is 0.0623. The molecule has 0 aromatic rings. The molecule has 41 heavy (non-hydrogen) atoms. The molecule has 0 aromatic heterocycles. The first-order chi connectivity index (χ1) is 19.2. The van der Waals surface area contributed by atoms with Gasteiger partial charge < -0.3 is 53.0 Å². The molecule has 0 bridgehead atoms. The second-order valence-electron chi connectivity index (χ2n) is 9.23. The van der Waals surface area contributed by atoms with E-state index < -0.39 is 98.4 Å². The van der Waals surface area contributed by atoms with Crippen molar-refractivity contribution >= 4 is 53.2 Å². The Bertz CT molecular complexity index is 921. The SMILES string of the molecule is CSCC[C@H](NC(=O)CNC(=O)CNC(=O)[C@H](CC(C)C)NC(=O)[C@@H](N)CO)C(=O)N[C@@H](CO)C(=O)NCC(=O)O. The zero-order valence-corrected chi connectivity index (χ0v) is 24.0. The third-order valence-electron chi connectivity index (χ3n) is 5.23. The number of thioether (sulfide) groups is 1. The summed E-state index contributed by atoms with van der Waals surface area (Å²) in [7, 11) is 0. The molecule has 18 heteroatoms. The first-order valence-corrected chi connectivity index (χ1v) is 14.0. The minimum Gasteiger partial charge on any atom is -0.480 e. The number of nitrogens with one attached hydrogen (secondary N) is 6. The summed E-state index contributed by atoms with van der Waals surface area (Å²) in [5, 5.41) is 40.8. The van der Waals surface area contributed by atoms with Crippen molar-refractivity contribution in [2.24, 2.45) is 11.7 Å². The highest BCUT2D eigenvalue weighted by atomic mass is 32.2. The molecular formula is C23H41N7O10S. The number of aliphatic carboxylic acids is 1. The molecule has 4 atom stereocenters. The van der Waals surface area contributed by atoms with Gasteiger partial charge in [0.05, 0.1) is 26.3 Å². The molecule has 0 saturated carbocycles. The normalized spacial score (nSPS) is 13.6. The topological polar surface area (TPSA) is 278 Å². The fourth-order valence-corrected chi connectivity index (χ4v) is 3.57. The van der Waals surface area contributed by atoms with Crippen molar-refractivity contribution in [1.82, 2.24) is 31.9 Å². The van der Waals surface area contributed by atoms with E-state index in [4.69, 9.17) is 15.9 Å². The van der Waals surface area contributed by atoms with Gasteiger partial charge in [-0.2, -0.15) is 11.8 Å².